The first-order chi connectivity index (χ1) is 10.7. The number of fused-ring (bicyclic) bond motifs is 1. The van der Waals surface area contributed by atoms with Crippen molar-refractivity contribution < 1.29 is 9.21 Å². The van der Waals surface area contributed by atoms with E-state index in [1.54, 1.807) is 18.2 Å². The fraction of sp³-hybridized carbons (Fsp3) is 0. The Morgan fingerprint density at radius 3 is 2.95 bits per heavy atom. The van der Waals surface area contributed by atoms with E-state index in [2.05, 4.69) is 15.3 Å². The van der Waals surface area contributed by atoms with E-state index >= 15 is 0 Å². The molecule has 0 saturated carbocycles. The van der Waals surface area contributed by atoms with Crippen molar-refractivity contribution in [1.82, 2.24) is 10.3 Å². The summed E-state index contributed by atoms with van der Waals surface area (Å²) >= 11 is 1.54. The molecule has 6 nitrogen and oxygen atoms in total. The van der Waals surface area contributed by atoms with Crippen molar-refractivity contribution in [2.24, 2.45) is 10.7 Å². The molecular weight excluding hydrogens is 300 g/mol. The quantitative estimate of drug-likeness (QED) is 0.442. The summed E-state index contributed by atoms with van der Waals surface area (Å²) in [6.45, 7) is 0. The number of guanidine groups is 1. The zero-order chi connectivity index (χ0) is 15.4. The number of benzene rings is 1. The first-order valence-electron chi connectivity index (χ1n) is 6.43. The zero-order valence-electron chi connectivity index (χ0n) is 11.4. The average Bonchev–Trinajstić information content (AvgIpc) is 3.13. The molecule has 0 atom stereocenters. The summed E-state index contributed by atoms with van der Waals surface area (Å²) in [4.78, 5) is 20.8. The van der Waals surface area contributed by atoms with Gasteiger partial charge in [0.25, 0.3) is 5.91 Å². The summed E-state index contributed by atoms with van der Waals surface area (Å²) in [6, 6.07) is 11.2. The molecule has 0 saturated heterocycles. The van der Waals surface area contributed by atoms with Crippen LogP contribution in [0, 0.1) is 0 Å². The average molecular weight is 312 g/mol. The molecule has 3 aromatic rings. The third kappa shape index (κ3) is 3.39. The van der Waals surface area contributed by atoms with E-state index in [0.717, 1.165) is 4.88 Å². The second-order valence-electron chi connectivity index (χ2n) is 4.30. The molecule has 1 amide bonds. The van der Waals surface area contributed by atoms with Gasteiger partial charge >= 0.3 is 6.01 Å². The van der Waals surface area contributed by atoms with E-state index in [4.69, 9.17) is 10.2 Å². The predicted octanol–water partition coefficient (Wildman–Crippen LogP) is 2.67. The zero-order valence-corrected chi connectivity index (χ0v) is 12.2. The molecule has 3 rings (SSSR count). The number of nitrogens with two attached hydrogens (primary N) is 1. The lowest BCUT2D eigenvalue weighted by Crippen LogP contribution is -2.35. The van der Waals surface area contributed by atoms with Crippen LogP contribution in [0.1, 0.15) is 4.88 Å². The number of carbonyl (C=O) groups is 1. The minimum Gasteiger partial charge on any atom is -0.422 e. The monoisotopic (exact) mass is 312 g/mol. The molecule has 0 spiro atoms. The molecule has 0 aliphatic carbocycles. The number of hydrogen-bond donors (Lipinski definition) is 2. The van der Waals surface area contributed by atoms with E-state index in [-0.39, 0.29) is 17.9 Å². The molecule has 22 heavy (non-hydrogen) atoms. The molecule has 0 radical (unpaired) electrons. The number of aliphatic imine (C=N–C) groups is 1. The van der Waals surface area contributed by atoms with Crippen LogP contribution in [0.25, 0.3) is 17.2 Å². The fourth-order valence-corrected chi connectivity index (χ4v) is 2.37. The molecule has 3 N–H and O–H groups in total. The topological polar surface area (TPSA) is 93.5 Å². The Balaban J connectivity index is 1.67. The summed E-state index contributed by atoms with van der Waals surface area (Å²) in [5.74, 6) is -0.446. The van der Waals surface area contributed by atoms with Crippen LogP contribution in [0.2, 0.25) is 0 Å². The van der Waals surface area contributed by atoms with Gasteiger partial charge in [0.2, 0.25) is 5.96 Å². The first kappa shape index (κ1) is 14.0. The molecule has 0 unspecified atom stereocenters. The summed E-state index contributed by atoms with van der Waals surface area (Å²) in [7, 11) is 0. The third-order valence-electron chi connectivity index (χ3n) is 2.69. The Bertz CT molecular complexity index is 816. The van der Waals surface area contributed by atoms with Gasteiger partial charge in [-0.2, -0.15) is 9.98 Å². The van der Waals surface area contributed by atoms with Crippen LogP contribution < -0.4 is 11.1 Å². The largest absolute Gasteiger partial charge is 0.422 e. The molecular formula is C15H12N4O2S. The first-order valence-corrected chi connectivity index (χ1v) is 7.31. The maximum atomic E-state index is 11.7. The highest BCUT2D eigenvalue weighted by Gasteiger charge is 2.05. The van der Waals surface area contributed by atoms with Crippen LogP contribution in [-0.4, -0.2) is 16.9 Å². The van der Waals surface area contributed by atoms with Crippen molar-refractivity contribution in [3.05, 3.63) is 52.7 Å². The third-order valence-corrected chi connectivity index (χ3v) is 3.53. The summed E-state index contributed by atoms with van der Waals surface area (Å²) in [6.07, 6.45) is 3.09. The lowest BCUT2D eigenvalue weighted by Gasteiger charge is -1.98. The minimum absolute atomic E-state index is 0.0765. The van der Waals surface area contributed by atoms with Gasteiger partial charge in [-0.15, -0.1) is 11.3 Å². The number of nitrogens with zero attached hydrogens (tertiary/aromatic N) is 2. The van der Waals surface area contributed by atoms with E-state index in [0.29, 0.717) is 11.1 Å². The Morgan fingerprint density at radius 1 is 1.32 bits per heavy atom. The summed E-state index contributed by atoms with van der Waals surface area (Å²) < 4.78 is 5.39. The molecule has 0 aliphatic rings. The van der Waals surface area contributed by atoms with Crippen molar-refractivity contribution in [2.75, 3.05) is 0 Å². The Labute approximate surface area is 130 Å². The number of aromatic nitrogens is 1. The van der Waals surface area contributed by atoms with Crippen LogP contribution in [0.5, 0.6) is 0 Å². The second kappa shape index (κ2) is 6.23. The molecule has 2 aromatic heterocycles. The van der Waals surface area contributed by atoms with Crippen LogP contribution in [0.15, 0.2) is 57.3 Å². The maximum absolute atomic E-state index is 11.7. The number of amides is 1. The van der Waals surface area contributed by atoms with Gasteiger partial charge in [0.15, 0.2) is 5.58 Å². The van der Waals surface area contributed by atoms with Crippen LogP contribution in [0.4, 0.5) is 6.01 Å². The van der Waals surface area contributed by atoms with Crippen molar-refractivity contribution in [1.29, 1.82) is 0 Å². The number of oxazole rings is 1. The molecule has 0 fully saturated rings. The summed E-state index contributed by atoms with van der Waals surface area (Å²) in [5, 5.41) is 4.37. The van der Waals surface area contributed by atoms with Crippen molar-refractivity contribution >= 4 is 46.4 Å². The van der Waals surface area contributed by atoms with Crippen LogP contribution in [0.3, 0.4) is 0 Å². The van der Waals surface area contributed by atoms with Crippen molar-refractivity contribution in [3.63, 3.8) is 0 Å². The van der Waals surface area contributed by atoms with Crippen LogP contribution >= 0.6 is 11.3 Å². The van der Waals surface area contributed by atoms with Gasteiger partial charge in [-0.05, 0) is 29.7 Å². The fourth-order valence-electron chi connectivity index (χ4n) is 1.75. The smallest absolute Gasteiger partial charge is 0.325 e. The van der Waals surface area contributed by atoms with Gasteiger partial charge in [-0.25, -0.2) is 0 Å². The lowest BCUT2D eigenvalue weighted by molar-refractivity contribution is -0.115. The number of thiophene rings is 1. The van der Waals surface area contributed by atoms with Gasteiger partial charge < -0.3 is 10.2 Å². The predicted molar refractivity (Wildman–Crippen MR) is 86.8 cm³/mol. The highest BCUT2D eigenvalue weighted by Crippen LogP contribution is 2.19. The molecule has 0 bridgehead atoms. The van der Waals surface area contributed by atoms with Crippen molar-refractivity contribution in [3.8, 4) is 0 Å². The SMILES string of the molecule is NC(=Nc1nc2ccccc2o1)NC(=O)/C=C/c1cccs1. The lowest BCUT2D eigenvalue weighted by atomic mass is 10.3. The standard InChI is InChI=1S/C15H12N4O2S/c16-14(18-13(20)8-7-10-4-3-9-22-10)19-15-17-11-5-1-2-6-12(11)21-15/h1-9H,(H3,16,17,18,19,20)/b8-7+. The van der Waals surface area contributed by atoms with Gasteiger partial charge in [0.1, 0.15) is 5.52 Å². The van der Waals surface area contributed by atoms with Gasteiger partial charge in [0.05, 0.1) is 0 Å². The molecule has 7 heteroatoms. The molecule has 110 valence electrons. The summed E-state index contributed by atoms with van der Waals surface area (Å²) in [5.41, 5.74) is 6.95. The van der Waals surface area contributed by atoms with Crippen LogP contribution in [-0.2, 0) is 4.79 Å². The molecule has 0 aliphatic heterocycles. The highest BCUT2D eigenvalue weighted by molar-refractivity contribution is 7.10. The van der Waals surface area contributed by atoms with Crippen molar-refractivity contribution in [2.45, 2.75) is 0 Å². The van der Waals surface area contributed by atoms with E-state index in [9.17, 15) is 4.79 Å². The normalized spacial score (nSPS) is 12.1. The van der Waals surface area contributed by atoms with Gasteiger partial charge in [-0.1, -0.05) is 18.2 Å². The van der Waals surface area contributed by atoms with E-state index in [1.807, 2.05) is 29.6 Å². The molecule has 2 heterocycles. The maximum Gasteiger partial charge on any atom is 0.325 e. The number of rotatable bonds is 3. The van der Waals surface area contributed by atoms with E-state index in [1.165, 1.54) is 17.4 Å². The Hall–Kier alpha value is -2.93. The minimum atomic E-state index is -0.370. The number of hydrogen-bond acceptors (Lipinski definition) is 5. The van der Waals surface area contributed by atoms with E-state index < -0.39 is 0 Å². The number of para-hydroxylation sites is 2. The molecule has 1 aromatic carbocycles. The van der Waals surface area contributed by atoms with Gasteiger partial charge in [0, 0.05) is 11.0 Å². The Kier molecular flexibility index (Phi) is 3.97. The highest BCUT2D eigenvalue weighted by atomic mass is 32.1. The number of nitrogens with one attached hydrogen (secondary N) is 1. The Morgan fingerprint density at radius 2 is 2.18 bits per heavy atom. The number of carbonyl (C=O) groups excluding carboxylic acids is 1. The second-order valence-corrected chi connectivity index (χ2v) is 5.28. The van der Waals surface area contributed by atoms with Gasteiger partial charge in [-0.3, -0.25) is 10.1 Å².